The molecule has 0 aliphatic rings. The summed E-state index contributed by atoms with van der Waals surface area (Å²) in [4.78, 5) is 22.1. The maximum atomic E-state index is 11.2. The number of nitrogens with two attached hydrogens (primary N) is 1. The van der Waals surface area contributed by atoms with Crippen LogP contribution in [0.25, 0.3) is 0 Å². The second-order valence-corrected chi connectivity index (χ2v) is 6.29. The van der Waals surface area contributed by atoms with Crippen molar-refractivity contribution in [1.29, 1.82) is 0 Å². The molecule has 0 unspecified atom stereocenters. The molecule has 144 valence electrons. The van der Waals surface area contributed by atoms with Crippen LogP contribution in [0.4, 0.5) is 5.69 Å². The number of primary amides is 1. The number of hydrogen-bond donors (Lipinski definition) is 3. The highest BCUT2D eigenvalue weighted by Gasteiger charge is 2.14. The van der Waals surface area contributed by atoms with E-state index in [0.717, 1.165) is 5.56 Å². The van der Waals surface area contributed by atoms with Crippen molar-refractivity contribution in [2.24, 2.45) is 5.73 Å². The zero-order valence-corrected chi connectivity index (χ0v) is 16.3. The van der Waals surface area contributed by atoms with Crippen molar-refractivity contribution in [3.05, 3.63) is 45.9 Å². The van der Waals surface area contributed by atoms with E-state index in [0.29, 0.717) is 34.0 Å². The summed E-state index contributed by atoms with van der Waals surface area (Å²) in [5, 5.41) is 12.3. The van der Waals surface area contributed by atoms with Gasteiger partial charge < -0.3 is 30.4 Å². The van der Waals surface area contributed by atoms with Gasteiger partial charge in [0, 0.05) is 6.54 Å². The van der Waals surface area contributed by atoms with Crippen molar-refractivity contribution in [2.75, 3.05) is 26.1 Å². The highest BCUT2D eigenvalue weighted by atomic mass is 79.9. The lowest BCUT2D eigenvalue weighted by molar-refractivity contribution is -0.119. The fraction of sp³-hybridized carbons (Fsp3) is 0.222. The standard InChI is InChI=1S/C18H19BrN2O6/c1-25-14-4-3-11(18(23)24)7-13(14)21-8-10-5-12(19)17(15(6-10)26-2)27-9-16(20)22/h3-7,21H,8-9H2,1-2H3,(H2,20,22)(H,23,24). The predicted octanol–water partition coefficient (Wildman–Crippen LogP) is 2.64. The third kappa shape index (κ3) is 5.27. The monoisotopic (exact) mass is 438 g/mol. The molecule has 0 heterocycles. The minimum atomic E-state index is -1.03. The lowest BCUT2D eigenvalue weighted by Crippen LogP contribution is -2.20. The normalized spacial score (nSPS) is 10.2. The number of benzene rings is 2. The molecule has 2 aromatic carbocycles. The molecular formula is C18H19BrN2O6. The van der Waals surface area contributed by atoms with Crippen LogP contribution in [0.5, 0.6) is 17.2 Å². The Labute approximate surface area is 164 Å². The van der Waals surface area contributed by atoms with Crippen LogP contribution < -0.4 is 25.3 Å². The molecule has 0 bridgehead atoms. The number of carbonyl (C=O) groups excluding carboxylic acids is 1. The largest absolute Gasteiger partial charge is 0.495 e. The Morgan fingerprint density at radius 1 is 1.15 bits per heavy atom. The number of carboxylic acids is 1. The summed E-state index contributed by atoms with van der Waals surface area (Å²) in [6.45, 7) is 0.0935. The Morgan fingerprint density at radius 3 is 2.44 bits per heavy atom. The first-order chi connectivity index (χ1) is 12.8. The number of carboxylic acid groups (broad SMARTS) is 1. The molecule has 0 radical (unpaired) electrons. The average molecular weight is 439 g/mol. The molecule has 0 atom stereocenters. The van der Waals surface area contributed by atoms with Crippen molar-refractivity contribution < 1.29 is 28.9 Å². The first-order valence-corrected chi connectivity index (χ1v) is 8.57. The molecule has 0 spiro atoms. The van der Waals surface area contributed by atoms with E-state index in [1.807, 2.05) is 0 Å². The molecule has 0 saturated heterocycles. The van der Waals surface area contributed by atoms with Gasteiger partial charge in [0.2, 0.25) is 0 Å². The van der Waals surface area contributed by atoms with Gasteiger partial charge in [-0.2, -0.15) is 0 Å². The third-order valence-corrected chi connectivity index (χ3v) is 4.17. The summed E-state index contributed by atoms with van der Waals surface area (Å²) in [5.74, 6) is -0.312. The van der Waals surface area contributed by atoms with Crippen LogP contribution in [0.2, 0.25) is 0 Å². The van der Waals surface area contributed by atoms with Crippen LogP contribution in [-0.4, -0.2) is 37.8 Å². The Kier molecular flexibility index (Phi) is 6.89. The molecule has 0 saturated carbocycles. The van der Waals surface area contributed by atoms with Crippen molar-refractivity contribution >= 4 is 33.5 Å². The van der Waals surface area contributed by atoms with E-state index < -0.39 is 11.9 Å². The molecule has 0 aliphatic heterocycles. The van der Waals surface area contributed by atoms with Gasteiger partial charge in [-0.25, -0.2) is 4.79 Å². The number of halogens is 1. The van der Waals surface area contributed by atoms with E-state index in [1.165, 1.54) is 26.4 Å². The molecule has 0 aliphatic carbocycles. The van der Waals surface area contributed by atoms with Gasteiger partial charge in [-0.3, -0.25) is 4.79 Å². The summed E-state index contributed by atoms with van der Waals surface area (Å²) >= 11 is 3.39. The fourth-order valence-corrected chi connectivity index (χ4v) is 2.94. The maximum absolute atomic E-state index is 11.2. The van der Waals surface area contributed by atoms with Crippen LogP contribution in [0.1, 0.15) is 15.9 Å². The first kappa shape index (κ1) is 20.4. The Bertz CT molecular complexity index is 856. The molecule has 2 aromatic rings. The number of carbonyl (C=O) groups is 2. The van der Waals surface area contributed by atoms with E-state index >= 15 is 0 Å². The van der Waals surface area contributed by atoms with Crippen LogP contribution >= 0.6 is 15.9 Å². The third-order valence-electron chi connectivity index (χ3n) is 3.58. The predicted molar refractivity (Wildman–Crippen MR) is 103 cm³/mol. The van der Waals surface area contributed by atoms with Gasteiger partial charge in [0.05, 0.1) is 29.9 Å². The van der Waals surface area contributed by atoms with Crippen molar-refractivity contribution in [3.63, 3.8) is 0 Å². The summed E-state index contributed by atoms with van der Waals surface area (Å²) in [5.41, 5.74) is 6.62. The quantitative estimate of drug-likeness (QED) is 0.550. The second-order valence-electron chi connectivity index (χ2n) is 5.44. The van der Waals surface area contributed by atoms with Gasteiger partial charge >= 0.3 is 5.97 Å². The zero-order valence-electron chi connectivity index (χ0n) is 14.7. The number of hydrogen-bond acceptors (Lipinski definition) is 6. The summed E-state index contributed by atoms with van der Waals surface area (Å²) in [7, 11) is 2.99. The highest BCUT2D eigenvalue weighted by Crippen LogP contribution is 2.37. The number of rotatable bonds is 9. The van der Waals surface area contributed by atoms with E-state index in [4.69, 9.17) is 25.1 Å². The first-order valence-electron chi connectivity index (χ1n) is 7.78. The molecule has 9 heteroatoms. The smallest absolute Gasteiger partial charge is 0.335 e. The molecule has 0 fully saturated rings. The Hall–Kier alpha value is -2.94. The molecule has 27 heavy (non-hydrogen) atoms. The van der Waals surface area contributed by atoms with Gasteiger partial charge in [-0.05, 0) is 51.8 Å². The molecule has 1 amide bonds. The minimum absolute atomic E-state index is 0.146. The topological polar surface area (TPSA) is 120 Å². The molecule has 0 aromatic heterocycles. The van der Waals surface area contributed by atoms with Gasteiger partial charge in [-0.15, -0.1) is 0 Å². The Morgan fingerprint density at radius 2 is 1.85 bits per heavy atom. The van der Waals surface area contributed by atoms with Crippen molar-refractivity contribution in [1.82, 2.24) is 0 Å². The number of methoxy groups -OCH3 is 2. The van der Waals surface area contributed by atoms with Gasteiger partial charge in [-0.1, -0.05) is 0 Å². The molecule has 2 rings (SSSR count). The number of anilines is 1. The van der Waals surface area contributed by atoms with Crippen LogP contribution in [0.3, 0.4) is 0 Å². The van der Waals surface area contributed by atoms with Gasteiger partial charge in [0.15, 0.2) is 18.1 Å². The number of amides is 1. The maximum Gasteiger partial charge on any atom is 0.335 e. The van der Waals surface area contributed by atoms with E-state index in [1.54, 1.807) is 18.2 Å². The summed E-state index contributed by atoms with van der Waals surface area (Å²) in [6.07, 6.45) is 0. The highest BCUT2D eigenvalue weighted by molar-refractivity contribution is 9.10. The average Bonchev–Trinajstić information content (AvgIpc) is 2.64. The van der Waals surface area contributed by atoms with Crippen LogP contribution in [0, 0.1) is 0 Å². The van der Waals surface area contributed by atoms with E-state index in [9.17, 15) is 9.59 Å². The van der Waals surface area contributed by atoms with E-state index in [2.05, 4.69) is 21.2 Å². The van der Waals surface area contributed by atoms with Gasteiger partial charge in [0.25, 0.3) is 5.91 Å². The molecule has 8 nitrogen and oxygen atoms in total. The van der Waals surface area contributed by atoms with Crippen LogP contribution in [0.15, 0.2) is 34.8 Å². The van der Waals surface area contributed by atoms with E-state index in [-0.39, 0.29) is 12.2 Å². The molecular weight excluding hydrogens is 420 g/mol. The number of nitrogens with one attached hydrogen (secondary N) is 1. The molecule has 4 N–H and O–H groups in total. The number of aromatic carboxylic acids is 1. The number of ether oxygens (including phenoxy) is 3. The Balaban J connectivity index is 2.23. The zero-order chi connectivity index (χ0) is 20.0. The second kappa shape index (κ2) is 9.13. The minimum Gasteiger partial charge on any atom is -0.495 e. The van der Waals surface area contributed by atoms with Crippen molar-refractivity contribution in [2.45, 2.75) is 6.54 Å². The van der Waals surface area contributed by atoms with Crippen molar-refractivity contribution in [3.8, 4) is 17.2 Å². The lowest BCUT2D eigenvalue weighted by Gasteiger charge is -2.15. The fourth-order valence-electron chi connectivity index (χ4n) is 2.34. The summed E-state index contributed by atoms with van der Waals surface area (Å²) in [6, 6.07) is 8.08. The van der Waals surface area contributed by atoms with Crippen LogP contribution in [-0.2, 0) is 11.3 Å². The lowest BCUT2D eigenvalue weighted by atomic mass is 10.1. The summed E-state index contributed by atoms with van der Waals surface area (Å²) < 4.78 is 16.5. The van der Waals surface area contributed by atoms with Gasteiger partial charge in [0.1, 0.15) is 5.75 Å². The SMILES string of the molecule is COc1ccc(C(=O)O)cc1NCc1cc(Br)c(OCC(N)=O)c(OC)c1.